The van der Waals surface area contributed by atoms with Crippen LogP contribution < -0.4 is 15.4 Å². The van der Waals surface area contributed by atoms with E-state index in [-0.39, 0.29) is 18.4 Å². The molecule has 3 aromatic rings. The molecule has 33 heavy (non-hydrogen) atoms. The summed E-state index contributed by atoms with van der Waals surface area (Å²) in [7, 11) is 1.64. The van der Waals surface area contributed by atoms with Gasteiger partial charge in [0.2, 0.25) is 11.8 Å². The predicted molar refractivity (Wildman–Crippen MR) is 127 cm³/mol. The molecule has 170 valence electrons. The molecule has 0 unspecified atom stereocenters. The zero-order valence-corrected chi connectivity index (χ0v) is 18.7. The molecule has 0 aliphatic carbocycles. The Bertz CT molecular complexity index is 1070. The lowest BCUT2D eigenvalue weighted by Gasteiger charge is -2.40. The molecule has 4 rings (SSSR count). The molecule has 0 spiro atoms. The Morgan fingerprint density at radius 1 is 1.00 bits per heavy atom. The second-order valence-corrected chi connectivity index (χ2v) is 8.18. The number of rotatable bonds is 7. The number of carbonyl (C=O) groups is 2. The number of piperidine rings is 1. The van der Waals surface area contributed by atoms with E-state index >= 15 is 0 Å². The maximum Gasteiger partial charge on any atom is 0.238 e. The number of carbonyl (C=O) groups excluding carboxylic acids is 2. The average Bonchev–Trinajstić information content (AvgIpc) is 2.86. The van der Waals surface area contributed by atoms with Crippen molar-refractivity contribution < 1.29 is 14.3 Å². The Kier molecular flexibility index (Phi) is 7.00. The first-order chi connectivity index (χ1) is 16.1. The van der Waals surface area contributed by atoms with Gasteiger partial charge < -0.3 is 15.4 Å². The van der Waals surface area contributed by atoms with E-state index in [0.717, 1.165) is 24.4 Å². The minimum absolute atomic E-state index is 0.0692. The topological polar surface area (TPSA) is 83.6 Å². The summed E-state index contributed by atoms with van der Waals surface area (Å²) in [6, 6.07) is 22.4. The molecule has 1 atom stereocenters. The van der Waals surface area contributed by atoms with Gasteiger partial charge in [0, 0.05) is 25.5 Å². The van der Waals surface area contributed by atoms with Gasteiger partial charge in [-0.05, 0) is 67.9 Å². The van der Waals surface area contributed by atoms with Gasteiger partial charge in [-0.1, -0.05) is 24.3 Å². The van der Waals surface area contributed by atoms with Crippen LogP contribution in [-0.2, 0) is 15.0 Å². The molecule has 2 N–H and O–H groups in total. The number of aromatic nitrogens is 1. The molecule has 2 amide bonds. The molecule has 0 saturated carbocycles. The second kappa shape index (κ2) is 10.3. The third kappa shape index (κ3) is 5.38. The van der Waals surface area contributed by atoms with Gasteiger partial charge in [-0.15, -0.1) is 0 Å². The molecule has 1 aliphatic rings. The van der Waals surface area contributed by atoms with Crippen LogP contribution in [0.3, 0.4) is 0 Å². The molecule has 2 heterocycles. The number of amides is 2. The van der Waals surface area contributed by atoms with Crippen LogP contribution in [0.5, 0.6) is 11.5 Å². The van der Waals surface area contributed by atoms with Crippen molar-refractivity contribution in [2.75, 3.05) is 32.0 Å². The lowest BCUT2D eigenvalue weighted by atomic mass is 9.75. The van der Waals surface area contributed by atoms with Crippen LogP contribution in [0.2, 0.25) is 0 Å². The Hall–Kier alpha value is -3.71. The zero-order chi connectivity index (χ0) is 23.1. The van der Waals surface area contributed by atoms with Gasteiger partial charge in [0.25, 0.3) is 0 Å². The van der Waals surface area contributed by atoms with E-state index in [1.54, 1.807) is 13.2 Å². The Morgan fingerprint density at radius 2 is 1.73 bits per heavy atom. The van der Waals surface area contributed by atoms with Gasteiger partial charge in [-0.25, -0.2) is 0 Å². The fraction of sp³-hybridized carbons (Fsp3) is 0.269. The van der Waals surface area contributed by atoms with Gasteiger partial charge in [0.05, 0.1) is 12.2 Å². The number of likely N-dealkylation sites (tertiary alicyclic amines) is 1. The lowest BCUT2D eigenvalue weighted by molar-refractivity contribution is -0.130. The minimum atomic E-state index is -0.759. The van der Waals surface area contributed by atoms with E-state index in [9.17, 15) is 9.59 Å². The van der Waals surface area contributed by atoms with Crippen molar-refractivity contribution in [2.45, 2.75) is 18.3 Å². The van der Waals surface area contributed by atoms with E-state index in [1.165, 1.54) is 0 Å². The Labute approximate surface area is 193 Å². The lowest BCUT2D eigenvalue weighted by Crippen LogP contribution is -2.55. The van der Waals surface area contributed by atoms with Crippen LogP contribution in [0, 0.1) is 0 Å². The van der Waals surface area contributed by atoms with E-state index in [2.05, 4.69) is 15.6 Å². The highest BCUT2D eigenvalue weighted by molar-refractivity contribution is 5.92. The molecule has 1 saturated heterocycles. The highest BCUT2D eigenvalue weighted by Crippen LogP contribution is 2.33. The molecule has 7 nitrogen and oxygen atoms in total. The minimum Gasteiger partial charge on any atom is -0.457 e. The summed E-state index contributed by atoms with van der Waals surface area (Å²) >= 11 is 0. The summed E-state index contributed by atoms with van der Waals surface area (Å²) in [6.07, 6.45) is 3.21. The largest absolute Gasteiger partial charge is 0.457 e. The fourth-order valence-electron chi connectivity index (χ4n) is 4.31. The molecule has 1 aromatic heterocycles. The van der Waals surface area contributed by atoms with Crippen molar-refractivity contribution in [3.05, 3.63) is 84.7 Å². The molecule has 7 heteroatoms. The summed E-state index contributed by atoms with van der Waals surface area (Å²) < 4.78 is 5.79. The molecule has 2 aromatic carbocycles. The first-order valence-corrected chi connectivity index (χ1v) is 11.1. The van der Waals surface area contributed by atoms with E-state index < -0.39 is 5.41 Å². The highest BCUT2D eigenvalue weighted by Gasteiger charge is 2.44. The summed E-state index contributed by atoms with van der Waals surface area (Å²) in [5.74, 6) is 1.26. The van der Waals surface area contributed by atoms with Crippen molar-refractivity contribution in [1.82, 2.24) is 15.2 Å². The number of para-hydroxylation sites is 1. The number of anilines is 1. The first-order valence-electron chi connectivity index (χ1n) is 11.1. The van der Waals surface area contributed by atoms with E-state index in [1.807, 2.05) is 77.7 Å². The van der Waals surface area contributed by atoms with Crippen LogP contribution in [0.1, 0.15) is 18.5 Å². The summed E-state index contributed by atoms with van der Waals surface area (Å²) in [5.41, 5.74) is 0.675. The normalized spacial score (nSPS) is 18.3. The standard InChI is InChI=1S/C26H28N4O3/c1-27-25(32)26(23-10-5-6-16-28-23)15-7-17-30(19-26)18-24(31)29-20-11-13-22(14-12-20)33-21-8-3-2-4-9-21/h2-6,8-14,16H,7,15,17-19H2,1H3,(H,27,32)(H,29,31)/t26-/m0/s1. The van der Waals surface area contributed by atoms with Crippen LogP contribution in [-0.4, -0.2) is 48.4 Å². The SMILES string of the molecule is CNC(=O)[C@@]1(c2ccccn2)CCCN(CC(=O)Nc2ccc(Oc3ccccc3)cc2)C1. The zero-order valence-electron chi connectivity index (χ0n) is 18.7. The van der Waals surface area contributed by atoms with Crippen molar-refractivity contribution in [3.63, 3.8) is 0 Å². The summed E-state index contributed by atoms with van der Waals surface area (Å²) in [4.78, 5) is 32.1. The fourth-order valence-corrected chi connectivity index (χ4v) is 4.31. The summed E-state index contributed by atoms with van der Waals surface area (Å²) in [5, 5.41) is 5.73. The smallest absolute Gasteiger partial charge is 0.238 e. The highest BCUT2D eigenvalue weighted by atomic mass is 16.5. The monoisotopic (exact) mass is 444 g/mol. The van der Waals surface area contributed by atoms with Gasteiger partial charge >= 0.3 is 0 Å². The van der Waals surface area contributed by atoms with Gasteiger partial charge in [0.15, 0.2) is 0 Å². The van der Waals surface area contributed by atoms with Gasteiger partial charge in [-0.3, -0.25) is 19.5 Å². The number of nitrogens with zero attached hydrogens (tertiary/aromatic N) is 2. The Balaban J connectivity index is 1.38. The number of nitrogens with one attached hydrogen (secondary N) is 2. The number of pyridine rings is 1. The number of benzene rings is 2. The number of hydrogen-bond donors (Lipinski definition) is 2. The van der Waals surface area contributed by atoms with Crippen molar-refractivity contribution in [2.24, 2.45) is 0 Å². The van der Waals surface area contributed by atoms with Crippen LogP contribution in [0.15, 0.2) is 79.0 Å². The molecule has 0 bridgehead atoms. The third-order valence-electron chi connectivity index (χ3n) is 5.87. The molecule has 1 fully saturated rings. The number of likely N-dealkylation sites (N-methyl/N-ethyl adjacent to an activating group) is 1. The van der Waals surface area contributed by atoms with E-state index in [4.69, 9.17) is 4.74 Å². The van der Waals surface area contributed by atoms with Gasteiger partial charge in [0.1, 0.15) is 16.9 Å². The van der Waals surface area contributed by atoms with Gasteiger partial charge in [-0.2, -0.15) is 0 Å². The number of ether oxygens (including phenoxy) is 1. The van der Waals surface area contributed by atoms with Crippen LogP contribution >= 0.6 is 0 Å². The second-order valence-electron chi connectivity index (χ2n) is 8.18. The summed E-state index contributed by atoms with van der Waals surface area (Å²) in [6.45, 7) is 1.40. The van der Waals surface area contributed by atoms with E-state index in [0.29, 0.717) is 24.4 Å². The van der Waals surface area contributed by atoms with Crippen molar-refractivity contribution in [1.29, 1.82) is 0 Å². The maximum atomic E-state index is 12.9. The first kappa shape index (κ1) is 22.5. The van der Waals surface area contributed by atoms with Crippen LogP contribution in [0.25, 0.3) is 0 Å². The van der Waals surface area contributed by atoms with Crippen molar-refractivity contribution >= 4 is 17.5 Å². The molecule has 0 radical (unpaired) electrons. The molecule has 1 aliphatic heterocycles. The maximum absolute atomic E-state index is 12.9. The van der Waals surface area contributed by atoms with Crippen molar-refractivity contribution in [3.8, 4) is 11.5 Å². The average molecular weight is 445 g/mol. The number of hydrogen-bond acceptors (Lipinski definition) is 5. The Morgan fingerprint density at radius 3 is 2.42 bits per heavy atom. The molecular weight excluding hydrogens is 416 g/mol. The molecular formula is C26H28N4O3. The quantitative estimate of drug-likeness (QED) is 0.582. The predicted octanol–water partition coefficient (Wildman–Crippen LogP) is 3.59. The third-order valence-corrected chi connectivity index (χ3v) is 5.87. The van der Waals surface area contributed by atoms with Crippen LogP contribution in [0.4, 0.5) is 5.69 Å².